The van der Waals surface area contributed by atoms with Crippen LogP contribution in [0, 0.1) is 11.3 Å². The van der Waals surface area contributed by atoms with Gasteiger partial charge in [-0.15, -0.1) is 0 Å². The van der Waals surface area contributed by atoms with Gasteiger partial charge in [0.15, 0.2) is 0 Å². The smallest absolute Gasteiger partial charge is 0.251 e. The quantitative estimate of drug-likeness (QED) is 0.797. The van der Waals surface area contributed by atoms with Crippen LogP contribution in [0.3, 0.4) is 0 Å². The Morgan fingerprint density at radius 2 is 2.18 bits per heavy atom. The number of amides is 1. The van der Waals surface area contributed by atoms with Crippen molar-refractivity contribution >= 4 is 17.2 Å². The van der Waals surface area contributed by atoms with Gasteiger partial charge in [0.1, 0.15) is 11.5 Å². The van der Waals surface area contributed by atoms with Gasteiger partial charge in [-0.1, -0.05) is 6.07 Å². The second kappa shape index (κ2) is 6.29. The minimum Gasteiger partial charge on any atom is -0.459 e. The van der Waals surface area contributed by atoms with E-state index in [9.17, 15) is 4.79 Å². The summed E-state index contributed by atoms with van der Waals surface area (Å²) in [6.45, 7) is 0.305. The molecule has 1 amide bonds. The molecule has 3 aromatic rings. The number of carbonyl (C=O) groups excluding carboxylic acids is 1. The molecule has 5 heteroatoms. The Balaban J connectivity index is 1.65. The molecule has 0 saturated carbocycles. The molecule has 0 aliphatic carbocycles. The van der Waals surface area contributed by atoms with Gasteiger partial charge >= 0.3 is 0 Å². The van der Waals surface area contributed by atoms with Crippen molar-refractivity contribution in [2.75, 3.05) is 0 Å². The molecule has 0 unspecified atom stereocenters. The molecule has 1 aromatic carbocycles. The highest BCUT2D eigenvalue weighted by atomic mass is 32.1. The summed E-state index contributed by atoms with van der Waals surface area (Å²) in [7, 11) is 0. The monoisotopic (exact) mass is 308 g/mol. The summed E-state index contributed by atoms with van der Waals surface area (Å²) < 4.78 is 5.70. The molecule has 0 atom stereocenters. The van der Waals surface area contributed by atoms with Crippen molar-refractivity contribution in [2.45, 2.75) is 6.54 Å². The molecule has 0 saturated heterocycles. The molecule has 0 fully saturated rings. The van der Waals surface area contributed by atoms with E-state index < -0.39 is 0 Å². The van der Waals surface area contributed by atoms with Crippen LogP contribution in [0.15, 0.2) is 57.6 Å². The van der Waals surface area contributed by atoms with Gasteiger partial charge < -0.3 is 9.73 Å². The summed E-state index contributed by atoms with van der Waals surface area (Å²) in [4.78, 5) is 12.1. The third-order valence-electron chi connectivity index (χ3n) is 3.14. The molecular formula is C17H12N2O2S. The SMILES string of the molecule is N#Cc1cccc(C(=O)NCc2ccc(-c3ccsc3)o2)c1. The zero-order valence-electron chi connectivity index (χ0n) is 11.6. The van der Waals surface area contributed by atoms with Crippen molar-refractivity contribution in [2.24, 2.45) is 0 Å². The molecule has 108 valence electrons. The van der Waals surface area contributed by atoms with Crippen LogP contribution >= 0.6 is 11.3 Å². The zero-order valence-corrected chi connectivity index (χ0v) is 12.4. The Kier molecular flexibility index (Phi) is 4.03. The van der Waals surface area contributed by atoms with Crippen LogP contribution < -0.4 is 5.32 Å². The number of benzene rings is 1. The van der Waals surface area contributed by atoms with Crippen molar-refractivity contribution in [3.8, 4) is 17.4 Å². The molecule has 2 heterocycles. The maximum atomic E-state index is 12.1. The van der Waals surface area contributed by atoms with E-state index in [0.717, 1.165) is 11.3 Å². The van der Waals surface area contributed by atoms with Crippen LogP contribution in [-0.2, 0) is 6.54 Å². The number of rotatable bonds is 4. The molecule has 0 spiro atoms. The third-order valence-corrected chi connectivity index (χ3v) is 3.83. The van der Waals surface area contributed by atoms with Crippen LogP contribution in [-0.4, -0.2) is 5.91 Å². The Labute approximate surface area is 131 Å². The maximum absolute atomic E-state index is 12.1. The second-order valence-corrected chi connectivity index (χ2v) is 5.43. The number of carbonyl (C=O) groups is 1. The number of hydrogen-bond donors (Lipinski definition) is 1. The number of nitrogens with one attached hydrogen (secondary N) is 1. The largest absolute Gasteiger partial charge is 0.459 e. The summed E-state index contributed by atoms with van der Waals surface area (Å²) in [5.41, 5.74) is 1.96. The third kappa shape index (κ3) is 3.08. The summed E-state index contributed by atoms with van der Waals surface area (Å²) in [5.74, 6) is 1.24. The van der Waals surface area contributed by atoms with Crippen LogP contribution in [0.4, 0.5) is 0 Å². The van der Waals surface area contributed by atoms with Gasteiger partial charge in [-0.25, -0.2) is 0 Å². The highest BCUT2D eigenvalue weighted by Gasteiger charge is 2.09. The van der Waals surface area contributed by atoms with Gasteiger partial charge in [-0.2, -0.15) is 16.6 Å². The first-order chi connectivity index (χ1) is 10.8. The number of nitriles is 1. The fraction of sp³-hybridized carbons (Fsp3) is 0.0588. The van der Waals surface area contributed by atoms with Gasteiger partial charge in [-0.3, -0.25) is 4.79 Å². The van der Waals surface area contributed by atoms with E-state index in [0.29, 0.717) is 23.4 Å². The number of thiophene rings is 1. The average Bonchev–Trinajstić information content (AvgIpc) is 3.23. The lowest BCUT2D eigenvalue weighted by Crippen LogP contribution is -2.22. The topological polar surface area (TPSA) is 66.0 Å². The molecule has 0 aliphatic heterocycles. The Hall–Kier alpha value is -2.84. The highest BCUT2D eigenvalue weighted by Crippen LogP contribution is 2.24. The summed E-state index contributed by atoms with van der Waals surface area (Å²) in [6, 6.07) is 14.3. The Morgan fingerprint density at radius 3 is 2.95 bits per heavy atom. The van der Waals surface area contributed by atoms with Gasteiger partial charge in [-0.05, 0) is 41.8 Å². The predicted molar refractivity (Wildman–Crippen MR) is 84.3 cm³/mol. The van der Waals surface area contributed by atoms with E-state index in [2.05, 4.69) is 5.32 Å². The molecule has 2 aromatic heterocycles. The van der Waals surface area contributed by atoms with Crippen LogP contribution in [0.2, 0.25) is 0 Å². The highest BCUT2D eigenvalue weighted by molar-refractivity contribution is 7.08. The minimum absolute atomic E-state index is 0.231. The lowest BCUT2D eigenvalue weighted by atomic mass is 10.1. The van der Waals surface area contributed by atoms with Crippen molar-refractivity contribution < 1.29 is 9.21 Å². The van der Waals surface area contributed by atoms with Gasteiger partial charge in [0.2, 0.25) is 0 Å². The summed E-state index contributed by atoms with van der Waals surface area (Å²) >= 11 is 1.61. The van der Waals surface area contributed by atoms with Gasteiger partial charge in [0, 0.05) is 16.5 Å². The van der Waals surface area contributed by atoms with Crippen molar-refractivity contribution in [1.29, 1.82) is 5.26 Å². The zero-order chi connectivity index (χ0) is 15.4. The first-order valence-corrected chi connectivity index (χ1v) is 7.60. The molecular weight excluding hydrogens is 296 g/mol. The lowest BCUT2D eigenvalue weighted by Gasteiger charge is -2.03. The minimum atomic E-state index is -0.231. The van der Waals surface area contributed by atoms with Gasteiger partial charge in [0.05, 0.1) is 18.2 Å². The van der Waals surface area contributed by atoms with Gasteiger partial charge in [0.25, 0.3) is 5.91 Å². The van der Waals surface area contributed by atoms with E-state index in [1.165, 1.54) is 0 Å². The molecule has 4 nitrogen and oxygen atoms in total. The number of furan rings is 1. The fourth-order valence-electron chi connectivity index (χ4n) is 2.03. The Morgan fingerprint density at radius 1 is 1.27 bits per heavy atom. The normalized spacial score (nSPS) is 10.1. The number of hydrogen-bond acceptors (Lipinski definition) is 4. The first-order valence-electron chi connectivity index (χ1n) is 6.66. The van der Waals surface area contributed by atoms with E-state index in [1.54, 1.807) is 35.6 Å². The van der Waals surface area contributed by atoms with Crippen LogP contribution in [0.1, 0.15) is 21.7 Å². The summed E-state index contributed by atoms with van der Waals surface area (Å²) in [6.07, 6.45) is 0. The van der Waals surface area contributed by atoms with Crippen LogP contribution in [0.25, 0.3) is 11.3 Å². The van der Waals surface area contributed by atoms with E-state index in [1.807, 2.05) is 35.0 Å². The predicted octanol–water partition coefficient (Wildman–Crippen LogP) is 3.81. The average molecular weight is 308 g/mol. The van der Waals surface area contributed by atoms with E-state index in [4.69, 9.17) is 9.68 Å². The fourth-order valence-corrected chi connectivity index (χ4v) is 2.68. The van der Waals surface area contributed by atoms with E-state index in [-0.39, 0.29) is 5.91 Å². The Bertz CT molecular complexity index is 828. The molecule has 1 N–H and O–H groups in total. The standard InChI is InChI=1S/C17H12N2O2S/c18-9-12-2-1-3-13(8-12)17(20)19-10-15-4-5-16(21-15)14-6-7-22-11-14/h1-8,11H,10H2,(H,19,20). The van der Waals surface area contributed by atoms with Crippen molar-refractivity contribution in [1.82, 2.24) is 5.32 Å². The van der Waals surface area contributed by atoms with Crippen LogP contribution in [0.5, 0.6) is 0 Å². The maximum Gasteiger partial charge on any atom is 0.251 e. The first kappa shape index (κ1) is 14.1. The molecule has 0 radical (unpaired) electrons. The molecule has 0 aliphatic rings. The second-order valence-electron chi connectivity index (χ2n) is 4.65. The van der Waals surface area contributed by atoms with E-state index >= 15 is 0 Å². The molecule has 22 heavy (non-hydrogen) atoms. The lowest BCUT2D eigenvalue weighted by molar-refractivity contribution is 0.0948. The molecule has 3 rings (SSSR count). The molecule has 0 bridgehead atoms. The van der Waals surface area contributed by atoms with Crippen molar-refractivity contribution in [3.05, 3.63) is 70.1 Å². The van der Waals surface area contributed by atoms with Crippen molar-refractivity contribution in [3.63, 3.8) is 0 Å². The number of nitrogens with zero attached hydrogens (tertiary/aromatic N) is 1. The summed E-state index contributed by atoms with van der Waals surface area (Å²) in [5, 5.41) is 15.6.